The van der Waals surface area contributed by atoms with Gasteiger partial charge in [-0.05, 0) is 41.8 Å². The van der Waals surface area contributed by atoms with Crippen molar-refractivity contribution in [2.75, 3.05) is 38.6 Å². The summed E-state index contributed by atoms with van der Waals surface area (Å²) >= 11 is 0. The molecule has 0 aliphatic rings. The quantitative estimate of drug-likeness (QED) is 0.249. The van der Waals surface area contributed by atoms with Gasteiger partial charge in [-0.3, -0.25) is 9.13 Å². The lowest BCUT2D eigenvalue weighted by Gasteiger charge is -2.14. The van der Waals surface area contributed by atoms with E-state index in [2.05, 4.69) is 9.97 Å². The molecule has 0 bridgehead atoms. The smallest absolute Gasteiger partial charge is 0.340 e. The Kier molecular flexibility index (Phi) is 7.85. The van der Waals surface area contributed by atoms with Crippen molar-refractivity contribution in [3.8, 4) is 22.6 Å². The third-order valence-corrected chi connectivity index (χ3v) is 9.12. The third kappa shape index (κ3) is 6.45. The highest BCUT2D eigenvalue weighted by molar-refractivity contribution is 7.70. The Bertz CT molecular complexity index is 1500. The molecule has 0 aliphatic carbocycles. The minimum atomic E-state index is -4.66. The summed E-state index contributed by atoms with van der Waals surface area (Å²) in [5.41, 5.74) is 4.30. The summed E-state index contributed by atoms with van der Waals surface area (Å²) in [4.78, 5) is 38.5. The van der Waals surface area contributed by atoms with Gasteiger partial charge in [-0.25, -0.2) is 9.97 Å². The number of hydrogen-bond acceptors (Lipinski definition) is 7. The predicted octanol–water partition coefficient (Wildman–Crippen LogP) is 4.04. The summed E-state index contributed by atoms with van der Waals surface area (Å²) in [5, 5.41) is 0.891. The molecule has 0 fully saturated rings. The Labute approximate surface area is 214 Å². The van der Waals surface area contributed by atoms with Gasteiger partial charge in [-0.2, -0.15) is 0 Å². The summed E-state index contributed by atoms with van der Waals surface area (Å²) < 4.78 is 35.1. The van der Waals surface area contributed by atoms with Crippen molar-refractivity contribution >= 4 is 32.0 Å². The molecule has 2 aromatic heterocycles. The Morgan fingerprint density at radius 1 is 1.03 bits per heavy atom. The highest BCUT2D eigenvalue weighted by Gasteiger charge is 2.30. The number of rotatable bonds is 10. The second-order valence-electron chi connectivity index (χ2n) is 8.63. The highest BCUT2D eigenvalue weighted by atomic mass is 31.2. The standard InChI is InChI=1S/C24H28N4O7P2/c1-27(2)23-22-21(18-5-4-6-20(13-18)34-3)14-28(24(22)26-15-25-23)19-9-7-17(8-10-19)11-12-35-37(32,33)16-36(29,30)31/h4-10,13-15H,11-12,16H2,1-3H3,(H,32,33)(H2,29,30,31). The maximum absolute atomic E-state index is 11.8. The molecular formula is C24H28N4O7P2. The summed E-state index contributed by atoms with van der Waals surface area (Å²) in [5.74, 6) is 0.312. The van der Waals surface area contributed by atoms with E-state index < -0.39 is 21.1 Å². The van der Waals surface area contributed by atoms with Crippen LogP contribution in [0.5, 0.6) is 5.75 Å². The lowest BCUT2D eigenvalue weighted by Crippen LogP contribution is -2.11. The maximum Gasteiger partial charge on any atom is 0.340 e. The van der Waals surface area contributed by atoms with Crippen LogP contribution in [0.15, 0.2) is 61.1 Å². The maximum atomic E-state index is 11.8. The van der Waals surface area contributed by atoms with E-state index in [1.807, 2.05) is 78.3 Å². The second kappa shape index (κ2) is 10.8. The molecule has 1 unspecified atom stereocenters. The third-order valence-electron chi connectivity index (χ3n) is 5.63. The molecule has 4 rings (SSSR count). The molecule has 0 radical (unpaired) electrons. The van der Waals surface area contributed by atoms with Gasteiger partial charge in [0.1, 0.15) is 17.9 Å². The van der Waals surface area contributed by atoms with Crippen LogP contribution in [-0.4, -0.2) is 62.9 Å². The molecule has 1 atom stereocenters. The van der Waals surface area contributed by atoms with Crippen LogP contribution in [0.1, 0.15) is 5.56 Å². The molecule has 0 spiro atoms. The first-order valence-electron chi connectivity index (χ1n) is 11.3. The Morgan fingerprint density at radius 2 is 1.76 bits per heavy atom. The van der Waals surface area contributed by atoms with E-state index in [1.165, 1.54) is 6.33 Å². The van der Waals surface area contributed by atoms with Crippen LogP contribution < -0.4 is 9.64 Å². The van der Waals surface area contributed by atoms with E-state index in [0.717, 1.165) is 45.0 Å². The van der Waals surface area contributed by atoms with Gasteiger partial charge in [0.05, 0.1) is 19.1 Å². The van der Waals surface area contributed by atoms with E-state index in [9.17, 15) is 14.0 Å². The fourth-order valence-corrected chi connectivity index (χ4v) is 6.56. The molecule has 2 heterocycles. The van der Waals surface area contributed by atoms with Gasteiger partial charge < -0.3 is 33.4 Å². The van der Waals surface area contributed by atoms with Crippen molar-refractivity contribution in [2.45, 2.75) is 6.42 Å². The molecule has 2 aromatic carbocycles. The van der Waals surface area contributed by atoms with Crippen LogP contribution in [0.3, 0.4) is 0 Å². The molecule has 0 saturated heterocycles. The van der Waals surface area contributed by atoms with Crippen LogP contribution in [-0.2, 0) is 20.1 Å². The zero-order valence-electron chi connectivity index (χ0n) is 20.6. The van der Waals surface area contributed by atoms with E-state index in [-0.39, 0.29) is 6.61 Å². The Morgan fingerprint density at radius 3 is 2.41 bits per heavy atom. The van der Waals surface area contributed by atoms with Crippen LogP contribution >= 0.6 is 15.2 Å². The van der Waals surface area contributed by atoms with Crippen molar-refractivity contribution < 1.29 is 33.1 Å². The first-order chi connectivity index (χ1) is 17.5. The number of methoxy groups -OCH3 is 1. The lowest BCUT2D eigenvalue weighted by atomic mass is 10.1. The normalized spacial score (nSPS) is 13.5. The SMILES string of the molecule is COc1cccc(-c2cn(-c3ccc(CCOP(=O)(O)CP(=O)(O)O)cc3)c3ncnc(N(C)C)c23)c1. The van der Waals surface area contributed by atoms with Gasteiger partial charge in [0.25, 0.3) is 0 Å². The average Bonchev–Trinajstić information content (AvgIpc) is 3.22. The topological polar surface area (TPSA) is 147 Å². The van der Waals surface area contributed by atoms with Gasteiger partial charge in [0, 0.05) is 31.5 Å². The van der Waals surface area contributed by atoms with Crippen molar-refractivity contribution in [3.63, 3.8) is 0 Å². The van der Waals surface area contributed by atoms with E-state index in [4.69, 9.17) is 19.0 Å². The molecule has 13 heteroatoms. The van der Waals surface area contributed by atoms with Crippen molar-refractivity contribution in [2.24, 2.45) is 0 Å². The molecule has 37 heavy (non-hydrogen) atoms. The number of aromatic nitrogens is 3. The minimum Gasteiger partial charge on any atom is -0.497 e. The van der Waals surface area contributed by atoms with Gasteiger partial charge in [-0.15, -0.1) is 0 Å². The number of fused-ring (bicyclic) bond motifs is 1. The van der Waals surface area contributed by atoms with Crippen LogP contribution in [0, 0.1) is 0 Å². The van der Waals surface area contributed by atoms with E-state index >= 15 is 0 Å². The molecule has 0 saturated carbocycles. The van der Waals surface area contributed by atoms with Gasteiger partial charge >= 0.3 is 15.2 Å². The highest BCUT2D eigenvalue weighted by Crippen LogP contribution is 2.55. The van der Waals surface area contributed by atoms with Crippen molar-refractivity contribution in [1.82, 2.24) is 14.5 Å². The number of ether oxygens (including phenoxy) is 1. The molecule has 0 aliphatic heterocycles. The predicted molar refractivity (Wildman–Crippen MR) is 142 cm³/mol. The Hall–Kier alpha value is -3.04. The van der Waals surface area contributed by atoms with Gasteiger partial charge in [0.2, 0.25) is 0 Å². The first kappa shape index (κ1) is 27.0. The second-order valence-corrected chi connectivity index (χ2v) is 12.6. The number of anilines is 1. The van der Waals surface area contributed by atoms with Gasteiger partial charge in [0.15, 0.2) is 11.6 Å². The van der Waals surface area contributed by atoms with E-state index in [1.54, 1.807) is 7.11 Å². The zero-order valence-corrected chi connectivity index (χ0v) is 22.3. The molecular weight excluding hydrogens is 518 g/mol. The largest absolute Gasteiger partial charge is 0.497 e. The first-order valence-corrected chi connectivity index (χ1v) is 14.8. The van der Waals surface area contributed by atoms with Gasteiger partial charge in [-0.1, -0.05) is 24.3 Å². The summed E-state index contributed by atoms with van der Waals surface area (Å²) in [6, 6.07) is 15.3. The molecule has 0 amide bonds. The lowest BCUT2D eigenvalue weighted by molar-refractivity contribution is 0.263. The summed E-state index contributed by atoms with van der Waals surface area (Å²) in [6.07, 6.45) is 3.82. The van der Waals surface area contributed by atoms with Crippen LogP contribution in [0.4, 0.5) is 5.82 Å². The number of nitrogens with zero attached hydrogens (tertiary/aromatic N) is 4. The monoisotopic (exact) mass is 546 g/mol. The fourth-order valence-electron chi connectivity index (χ4n) is 3.99. The number of hydrogen-bond donors (Lipinski definition) is 3. The van der Waals surface area contributed by atoms with Crippen molar-refractivity contribution in [3.05, 3.63) is 66.6 Å². The van der Waals surface area contributed by atoms with E-state index in [0.29, 0.717) is 6.42 Å². The van der Waals surface area contributed by atoms with Crippen molar-refractivity contribution in [1.29, 1.82) is 0 Å². The molecule has 11 nitrogen and oxygen atoms in total. The molecule has 196 valence electrons. The molecule has 3 N–H and O–H groups in total. The minimum absolute atomic E-state index is 0.154. The Balaban J connectivity index is 1.64. The summed E-state index contributed by atoms with van der Waals surface area (Å²) in [6.45, 7) is -0.154. The summed E-state index contributed by atoms with van der Waals surface area (Å²) in [7, 11) is -3.55. The van der Waals surface area contributed by atoms with Crippen LogP contribution in [0.2, 0.25) is 0 Å². The number of benzene rings is 2. The zero-order chi connectivity index (χ0) is 26.8. The van der Waals surface area contributed by atoms with Crippen LogP contribution in [0.25, 0.3) is 27.8 Å². The average molecular weight is 546 g/mol. The molecule has 4 aromatic rings. The fraction of sp³-hybridized carbons (Fsp3) is 0.250.